The lowest BCUT2D eigenvalue weighted by molar-refractivity contribution is -0.153. The van der Waals surface area contributed by atoms with E-state index in [2.05, 4.69) is 17.4 Å². The Morgan fingerprint density at radius 2 is 1.93 bits per heavy atom. The van der Waals surface area contributed by atoms with Gasteiger partial charge in [0.05, 0.1) is 0 Å². The second-order valence-electron chi connectivity index (χ2n) is 2.76. The molecule has 0 amide bonds. The standard InChI is InChI=1S/C10H7F4O/c1-2-7-3-8(11)5-9(4-7)15-6-10(12,13)14/h3-5H,1,6H2. The summed E-state index contributed by atoms with van der Waals surface area (Å²) >= 11 is 0. The van der Waals surface area contributed by atoms with Crippen molar-refractivity contribution in [3.8, 4) is 5.75 Å². The van der Waals surface area contributed by atoms with Crippen molar-refractivity contribution in [3.05, 3.63) is 42.2 Å². The summed E-state index contributed by atoms with van der Waals surface area (Å²) in [7, 11) is 0. The smallest absolute Gasteiger partial charge is 0.422 e. The average molecular weight is 219 g/mol. The Hall–Kier alpha value is -1.52. The van der Waals surface area contributed by atoms with E-state index in [-0.39, 0.29) is 11.3 Å². The molecule has 1 aromatic rings. The molecule has 81 valence electrons. The van der Waals surface area contributed by atoms with Gasteiger partial charge in [-0.15, -0.1) is 0 Å². The third kappa shape index (κ3) is 4.01. The van der Waals surface area contributed by atoms with E-state index in [4.69, 9.17) is 0 Å². The molecule has 0 heterocycles. The van der Waals surface area contributed by atoms with Crippen molar-refractivity contribution in [2.75, 3.05) is 6.61 Å². The third-order valence-electron chi connectivity index (χ3n) is 1.48. The summed E-state index contributed by atoms with van der Waals surface area (Å²) in [6.45, 7) is 1.80. The first-order chi connectivity index (χ1) is 6.90. The van der Waals surface area contributed by atoms with Gasteiger partial charge in [-0.05, 0) is 23.8 Å². The minimum Gasteiger partial charge on any atom is -0.484 e. The van der Waals surface area contributed by atoms with Gasteiger partial charge in [0.15, 0.2) is 6.61 Å². The third-order valence-corrected chi connectivity index (χ3v) is 1.48. The monoisotopic (exact) mass is 219 g/mol. The number of rotatable bonds is 3. The van der Waals surface area contributed by atoms with Gasteiger partial charge >= 0.3 is 6.18 Å². The van der Waals surface area contributed by atoms with Crippen molar-refractivity contribution < 1.29 is 22.3 Å². The first-order valence-electron chi connectivity index (χ1n) is 3.94. The molecule has 0 atom stereocenters. The average Bonchev–Trinajstić information content (AvgIpc) is 2.13. The molecule has 0 aliphatic rings. The molecular formula is C10H7F4O. The molecule has 0 saturated heterocycles. The van der Waals surface area contributed by atoms with Crippen molar-refractivity contribution in [2.45, 2.75) is 6.18 Å². The maximum Gasteiger partial charge on any atom is 0.422 e. The summed E-state index contributed by atoms with van der Waals surface area (Å²) in [5, 5.41) is 0. The number of halogens is 4. The summed E-state index contributed by atoms with van der Waals surface area (Å²) in [5.41, 5.74) is 0.243. The van der Waals surface area contributed by atoms with Gasteiger partial charge in [-0.3, -0.25) is 0 Å². The normalized spacial score (nSPS) is 11.2. The van der Waals surface area contributed by atoms with E-state index in [0.29, 0.717) is 0 Å². The lowest BCUT2D eigenvalue weighted by Crippen LogP contribution is -2.19. The zero-order valence-electron chi connectivity index (χ0n) is 7.57. The van der Waals surface area contributed by atoms with Gasteiger partial charge in [0.25, 0.3) is 0 Å². The maximum absolute atomic E-state index is 12.8. The van der Waals surface area contributed by atoms with Gasteiger partial charge in [0.1, 0.15) is 11.6 Å². The Balaban J connectivity index is 2.77. The highest BCUT2D eigenvalue weighted by Gasteiger charge is 2.28. The predicted octanol–water partition coefficient (Wildman–Crippen LogP) is 3.10. The van der Waals surface area contributed by atoms with E-state index in [1.807, 2.05) is 0 Å². The van der Waals surface area contributed by atoms with Crippen molar-refractivity contribution in [3.63, 3.8) is 0 Å². The second-order valence-corrected chi connectivity index (χ2v) is 2.76. The highest BCUT2D eigenvalue weighted by Crippen LogP contribution is 2.20. The fourth-order valence-corrected chi connectivity index (χ4v) is 0.913. The lowest BCUT2D eigenvalue weighted by Gasteiger charge is -2.09. The molecule has 0 fully saturated rings. The molecular weight excluding hydrogens is 212 g/mol. The fraction of sp³-hybridized carbons (Fsp3) is 0.200. The summed E-state index contributed by atoms with van der Waals surface area (Å²) in [6, 6.07) is 3.18. The van der Waals surface area contributed by atoms with Gasteiger partial charge in [0.2, 0.25) is 0 Å². The van der Waals surface area contributed by atoms with Gasteiger partial charge in [-0.1, -0.05) is 6.58 Å². The van der Waals surface area contributed by atoms with Crippen LogP contribution in [0.4, 0.5) is 17.6 Å². The summed E-state index contributed by atoms with van der Waals surface area (Å²) in [4.78, 5) is 0. The van der Waals surface area contributed by atoms with Gasteiger partial charge in [-0.25, -0.2) is 4.39 Å². The Morgan fingerprint density at radius 3 is 2.47 bits per heavy atom. The molecule has 1 nitrogen and oxygen atoms in total. The highest BCUT2D eigenvalue weighted by atomic mass is 19.4. The minimum absolute atomic E-state index is 0.196. The minimum atomic E-state index is -4.44. The van der Waals surface area contributed by atoms with Crippen LogP contribution in [0.3, 0.4) is 0 Å². The molecule has 15 heavy (non-hydrogen) atoms. The summed E-state index contributed by atoms with van der Waals surface area (Å²) in [6.07, 6.45) is -2.09. The molecule has 1 radical (unpaired) electrons. The Morgan fingerprint density at radius 1 is 1.27 bits per heavy atom. The maximum atomic E-state index is 12.8. The Kier molecular flexibility index (Phi) is 3.34. The molecule has 0 bridgehead atoms. The van der Waals surface area contributed by atoms with Crippen LogP contribution in [-0.4, -0.2) is 12.8 Å². The lowest BCUT2D eigenvalue weighted by atomic mass is 10.2. The van der Waals surface area contributed by atoms with Crippen LogP contribution in [0.5, 0.6) is 5.75 Å². The van der Waals surface area contributed by atoms with Gasteiger partial charge in [-0.2, -0.15) is 13.2 Å². The fourth-order valence-electron chi connectivity index (χ4n) is 0.913. The molecule has 1 aromatic carbocycles. The Bertz CT molecular complexity index is 357. The summed E-state index contributed by atoms with van der Waals surface area (Å²) in [5.74, 6) is -0.890. The van der Waals surface area contributed by atoms with Crippen LogP contribution in [0.15, 0.2) is 24.8 Å². The zero-order valence-corrected chi connectivity index (χ0v) is 7.57. The van der Waals surface area contributed by atoms with Gasteiger partial charge < -0.3 is 4.74 Å². The second kappa shape index (κ2) is 4.33. The largest absolute Gasteiger partial charge is 0.484 e. The van der Waals surface area contributed by atoms with Crippen LogP contribution in [0, 0.1) is 11.9 Å². The molecule has 0 aliphatic carbocycles. The van der Waals surface area contributed by atoms with Crippen LogP contribution in [0.1, 0.15) is 5.56 Å². The van der Waals surface area contributed by atoms with E-state index in [1.54, 1.807) is 0 Å². The van der Waals surface area contributed by atoms with E-state index in [9.17, 15) is 17.6 Å². The highest BCUT2D eigenvalue weighted by molar-refractivity contribution is 5.32. The SMILES string of the molecule is C=[C]c1cc(F)cc(OCC(F)(F)F)c1. The number of alkyl halides is 3. The van der Waals surface area contributed by atoms with Crippen molar-refractivity contribution >= 4 is 0 Å². The van der Waals surface area contributed by atoms with E-state index in [1.165, 1.54) is 6.07 Å². The number of benzene rings is 1. The van der Waals surface area contributed by atoms with E-state index < -0.39 is 18.6 Å². The molecule has 1 rings (SSSR count). The van der Waals surface area contributed by atoms with E-state index >= 15 is 0 Å². The van der Waals surface area contributed by atoms with Crippen LogP contribution in [0.25, 0.3) is 0 Å². The molecule has 0 saturated carbocycles. The molecule has 0 aromatic heterocycles. The first kappa shape index (κ1) is 11.6. The van der Waals surface area contributed by atoms with Crippen LogP contribution >= 0.6 is 0 Å². The molecule has 0 aliphatic heterocycles. The van der Waals surface area contributed by atoms with Crippen LogP contribution in [-0.2, 0) is 0 Å². The van der Waals surface area contributed by atoms with Crippen LogP contribution < -0.4 is 4.74 Å². The molecule has 0 spiro atoms. The van der Waals surface area contributed by atoms with Crippen molar-refractivity contribution in [2.24, 2.45) is 0 Å². The zero-order chi connectivity index (χ0) is 11.5. The van der Waals surface area contributed by atoms with E-state index in [0.717, 1.165) is 12.1 Å². The Labute approximate surface area is 84.0 Å². The molecule has 0 unspecified atom stereocenters. The molecule has 5 heteroatoms. The topological polar surface area (TPSA) is 9.23 Å². The van der Waals surface area contributed by atoms with Crippen LogP contribution in [0.2, 0.25) is 0 Å². The molecule has 0 N–H and O–H groups in total. The van der Waals surface area contributed by atoms with Crippen molar-refractivity contribution in [1.82, 2.24) is 0 Å². The quantitative estimate of drug-likeness (QED) is 0.710. The number of hydrogen-bond donors (Lipinski definition) is 0. The number of ether oxygens (including phenoxy) is 1. The number of hydrogen-bond acceptors (Lipinski definition) is 1. The van der Waals surface area contributed by atoms with Gasteiger partial charge in [0, 0.05) is 6.07 Å². The first-order valence-corrected chi connectivity index (χ1v) is 3.94. The predicted molar refractivity (Wildman–Crippen MR) is 45.9 cm³/mol. The van der Waals surface area contributed by atoms with Crippen molar-refractivity contribution in [1.29, 1.82) is 0 Å². The summed E-state index contributed by atoms with van der Waals surface area (Å²) < 4.78 is 52.5.